The maximum Gasteiger partial charge on any atom is 0.335 e. The molecule has 0 radical (unpaired) electrons. The van der Waals surface area contributed by atoms with E-state index >= 15 is 0 Å². The fraction of sp³-hybridized carbons (Fsp3) is 0.200. The van der Waals surface area contributed by atoms with Gasteiger partial charge < -0.3 is 10.4 Å². The molecule has 0 aliphatic heterocycles. The third-order valence-electron chi connectivity index (χ3n) is 4.19. The number of carbonyl (C=O) groups is 1. The van der Waals surface area contributed by atoms with Gasteiger partial charge >= 0.3 is 5.97 Å². The number of carboxylic acid groups (broad SMARTS) is 1. The van der Waals surface area contributed by atoms with E-state index in [-0.39, 0.29) is 17.4 Å². The van der Waals surface area contributed by atoms with E-state index in [0.29, 0.717) is 5.52 Å². The number of carboxylic acids is 1. The predicted octanol–water partition coefficient (Wildman–Crippen LogP) is 4.95. The molecule has 0 amide bonds. The highest BCUT2D eigenvalue weighted by Crippen LogP contribution is 2.31. The molecular formula is C20H19FN2O2. The molecule has 0 aliphatic carbocycles. The molecule has 1 atom stereocenters. The van der Waals surface area contributed by atoms with Crippen LogP contribution in [0.1, 0.15) is 30.6 Å². The van der Waals surface area contributed by atoms with Gasteiger partial charge in [0.25, 0.3) is 0 Å². The predicted molar refractivity (Wildman–Crippen MR) is 97.5 cm³/mol. The average molecular weight is 338 g/mol. The fourth-order valence-electron chi connectivity index (χ4n) is 2.61. The van der Waals surface area contributed by atoms with Crippen LogP contribution < -0.4 is 5.32 Å². The minimum Gasteiger partial charge on any atom is -0.478 e. The third-order valence-corrected chi connectivity index (χ3v) is 4.19. The van der Waals surface area contributed by atoms with Gasteiger partial charge in [0.15, 0.2) is 0 Å². The first kappa shape index (κ1) is 16.9. The molecular weight excluding hydrogens is 319 g/mol. The van der Waals surface area contributed by atoms with Crippen molar-refractivity contribution in [2.75, 3.05) is 5.32 Å². The van der Waals surface area contributed by atoms with Gasteiger partial charge in [0.05, 0.1) is 22.5 Å². The highest BCUT2D eigenvalue weighted by atomic mass is 19.1. The quantitative estimate of drug-likeness (QED) is 0.691. The number of hydrogen-bond donors (Lipinski definition) is 2. The minimum atomic E-state index is -0.971. The van der Waals surface area contributed by atoms with Crippen LogP contribution >= 0.6 is 0 Å². The fourth-order valence-corrected chi connectivity index (χ4v) is 2.61. The number of anilines is 1. The van der Waals surface area contributed by atoms with Gasteiger partial charge in [-0.25, -0.2) is 14.2 Å². The monoisotopic (exact) mass is 338 g/mol. The van der Waals surface area contributed by atoms with Crippen LogP contribution in [0.5, 0.6) is 0 Å². The number of halogens is 1. The largest absolute Gasteiger partial charge is 0.478 e. The molecule has 3 aromatic rings. The molecule has 0 saturated heterocycles. The molecule has 0 spiro atoms. The van der Waals surface area contributed by atoms with Crippen LogP contribution in [0, 0.1) is 5.82 Å². The highest BCUT2D eigenvalue weighted by Gasteiger charge is 2.13. The summed E-state index contributed by atoms with van der Waals surface area (Å²) < 4.78 is 13.2. The van der Waals surface area contributed by atoms with Crippen molar-refractivity contribution in [1.82, 2.24) is 4.98 Å². The van der Waals surface area contributed by atoms with Crippen LogP contribution in [0.25, 0.3) is 22.2 Å². The van der Waals surface area contributed by atoms with E-state index in [0.717, 1.165) is 28.8 Å². The zero-order valence-electron chi connectivity index (χ0n) is 14.1. The standard InChI is InChI=1S/C20H19FN2O2/c1-3-12(2)22-18-11-15-10-14(20(24)25)6-9-17(15)23-19(18)13-4-7-16(21)8-5-13/h4-12,22H,3H2,1-2H3,(H,24,25). The number of pyridine rings is 1. The van der Waals surface area contributed by atoms with Crippen molar-refractivity contribution in [1.29, 1.82) is 0 Å². The maximum absolute atomic E-state index is 13.2. The number of fused-ring (bicyclic) bond motifs is 1. The van der Waals surface area contributed by atoms with E-state index in [9.17, 15) is 14.3 Å². The summed E-state index contributed by atoms with van der Waals surface area (Å²) in [5.41, 5.74) is 3.24. The van der Waals surface area contributed by atoms with Gasteiger partial charge in [0.1, 0.15) is 5.82 Å². The Bertz CT molecular complexity index is 923. The summed E-state index contributed by atoms with van der Waals surface area (Å²) in [4.78, 5) is 15.9. The topological polar surface area (TPSA) is 62.2 Å². The lowest BCUT2D eigenvalue weighted by Gasteiger charge is -2.17. The second-order valence-electron chi connectivity index (χ2n) is 6.06. The van der Waals surface area contributed by atoms with Crippen molar-refractivity contribution < 1.29 is 14.3 Å². The molecule has 2 aromatic carbocycles. The Labute approximate surface area is 145 Å². The number of aromatic nitrogens is 1. The molecule has 0 bridgehead atoms. The number of hydrogen-bond acceptors (Lipinski definition) is 3. The van der Waals surface area contributed by atoms with Gasteiger partial charge in [0.2, 0.25) is 0 Å². The molecule has 25 heavy (non-hydrogen) atoms. The number of nitrogens with zero attached hydrogens (tertiary/aromatic N) is 1. The van der Waals surface area contributed by atoms with Crippen molar-refractivity contribution in [3.05, 3.63) is 59.9 Å². The van der Waals surface area contributed by atoms with Gasteiger partial charge in [-0.05, 0) is 61.9 Å². The van der Waals surface area contributed by atoms with E-state index in [1.807, 2.05) is 6.07 Å². The van der Waals surface area contributed by atoms with Crippen LogP contribution in [0.4, 0.5) is 10.1 Å². The Morgan fingerprint density at radius 1 is 1.20 bits per heavy atom. The number of nitrogens with one attached hydrogen (secondary N) is 1. The Hall–Kier alpha value is -2.95. The molecule has 1 heterocycles. The lowest BCUT2D eigenvalue weighted by Crippen LogP contribution is -2.14. The molecule has 0 aliphatic rings. The van der Waals surface area contributed by atoms with Crippen LogP contribution in [-0.2, 0) is 0 Å². The Morgan fingerprint density at radius 3 is 2.56 bits per heavy atom. The molecule has 4 nitrogen and oxygen atoms in total. The summed E-state index contributed by atoms with van der Waals surface area (Å²) in [6.07, 6.45) is 0.927. The first-order valence-electron chi connectivity index (χ1n) is 8.18. The summed E-state index contributed by atoms with van der Waals surface area (Å²) >= 11 is 0. The van der Waals surface area contributed by atoms with E-state index in [1.54, 1.807) is 24.3 Å². The molecule has 0 saturated carbocycles. The molecule has 3 rings (SSSR count). The van der Waals surface area contributed by atoms with Crippen molar-refractivity contribution in [3.8, 4) is 11.3 Å². The summed E-state index contributed by atoms with van der Waals surface area (Å²) in [5, 5.41) is 13.3. The normalized spacial score (nSPS) is 12.1. The van der Waals surface area contributed by atoms with Crippen molar-refractivity contribution in [3.63, 3.8) is 0 Å². The summed E-state index contributed by atoms with van der Waals surface area (Å²) in [6.45, 7) is 4.14. The first-order chi connectivity index (χ1) is 12.0. The maximum atomic E-state index is 13.2. The number of rotatable bonds is 5. The van der Waals surface area contributed by atoms with E-state index in [2.05, 4.69) is 24.1 Å². The molecule has 2 N–H and O–H groups in total. The van der Waals surface area contributed by atoms with Crippen molar-refractivity contribution >= 4 is 22.6 Å². The van der Waals surface area contributed by atoms with Gasteiger partial charge in [-0.3, -0.25) is 0 Å². The molecule has 5 heteroatoms. The van der Waals surface area contributed by atoms with Gasteiger partial charge in [0, 0.05) is 17.0 Å². The van der Waals surface area contributed by atoms with Crippen molar-refractivity contribution in [2.45, 2.75) is 26.3 Å². The van der Waals surface area contributed by atoms with Gasteiger partial charge in [-0.1, -0.05) is 6.92 Å². The number of aromatic carboxylic acids is 1. The SMILES string of the molecule is CCC(C)Nc1cc2cc(C(=O)O)ccc2nc1-c1ccc(F)cc1. The number of benzene rings is 2. The van der Waals surface area contributed by atoms with E-state index < -0.39 is 5.97 Å². The zero-order chi connectivity index (χ0) is 18.0. The van der Waals surface area contributed by atoms with Crippen LogP contribution in [0.15, 0.2) is 48.5 Å². The third kappa shape index (κ3) is 3.60. The smallest absolute Gasteiger partial charge is 0.335 e. The zero-order valence-corrected chi connectivity index (χ0v) is 14.1. The van der Waals surface area contributed by atoms with Crippen LogP contribution in [0.2, 0.25) is 0 Å². The Balaban J connectivity index is 2.18. The summed E-state index contributed by atoms with van der Waals surface area (Å²) in [5.74, 6) is -1.27. The molecule has 1 unspecified atom stereocenters. The first-order valence-corrected chi connectivity index (χ1v) is 8.18. The van der Waals surface area contributed by atoms with Crippen LogP contribution in [-0.4, -0.2) is 22.1 Å². The average Bonchev–Trinajstić information content (AvgIpc) is 2.61. The summed E-state index contributed by atoms with van der Waals surface area (Å²) in [7, 11) is 0. The molecule has 0 fully saturated rings. The lowest BCUT2D eigenvalue weighted by atomic mass is 10.0. The minimum absolute atomic E-state index is 0.221. The van der Waals surface area contributed by atoms with E-state index in [1.165, 1.54) is 18.2 Å². The second-order valence-corrected chi connectivity index (χ2v) is 6.06. The lowest BCUT2D eigenvalue weighted by molar-refractivity contribution is 0.0697. The highest BCUT2D eigenvalue weighted by molar-refractivity contribution is 5.95. The van der Waals surface area contributed by atoms with E-state index in [4.69, 9.17) is 0 Å². The van der Waals surface area contributed by atoms with Crippen molar-refractivity contribution in [2.24, 2.45) is 0 Å². The second kappa shape index (κ2) is 6.89. The molecule has 128 valence electrons. The molecule has 1 aromatic heterocycles. The Kier molecular flexibility index (Phi) is 4.65. The Morgan fingerprint density at radius 2 is 1.92 bits per heavy atom. The van der Waals surface area contributed by atoms with Gasteiger partial charge in [-0.2, -0.15) is 0 Å². The van der Waals surface area contributed by atoms with Gasteiger partial charge in [-0.15, -0.1) is 0 Å². The van der Waals surface area contributed by atoms with Crippen LogP contribution in [0.3, 0.4) is 0 Å². The summed E-state index contributed by atoms with van der Waals surface area (Å²) in [6, 6.07) is 13.2.